The van der Waals surface area contributed by atoms with Crippen molar-refractivity contribution in [2.24, 2.45) is 5.73 Å². The van der Waals surface area contributed by atoms with Gasteiger partial charge in [0, 0.05) is 42.6 Å². The molecule has 0 unspecified atom stereocenters. The third-order valence-electron chi connectivity index (χ3n) is 4.92. The molecular weight excluding hydrogens is 418 g/mol. The number of halogens is 1. The molecule has 1 aliphatic heterocycles. The smallest absolute Gasteiger partial charge is 0.325 e. The Kier molecular flexibility index (Phi) is 5.99. The van der Waals surface area contributed by atoms with Crippen molar-refractivity contribution in [3.8, 4) is 11.6 Å². The highest BCUT2D eigenvalue weighted by Gasteiger charge is 2.39. The Morgan fingerprint density at radius 1 is 1.19 bits per heavy atom. The highest BCUT2D eigenvalue weighted by Crippen LogP contribution is 2.36. The number of primary amides is 1. The lowest BCUT2D eigenvalue weighted by molar-refractivity contribution is -0.118. The molecule has 2 aromatic carbocycles. The van der Waals surface area contributed by atoms with E-state index in [1.807, 2.05) is 24.3 Å². The number of hydrogen-bond acceptors (Lipinski definition) is 5. The summed E-state index contributed by atoms with van der Waals surface area (Å²) in [7, 11) is 0. The van der Waals surface area contributed by atoms with E-state index in [9.17, 15) is 9.59 Å². The predicted octanol–water partition coefficient (Wildman–Crippen LogP) is 3.78. The fourth-order valence-corrected chi connectivity index (χ4v) is 3.60. The Morgan fingerprint density at radius 3 is 2.71 bits per heavy atom. The number of urea groups is 1. The average Bonchev–Trinajstić information content (AvgIpc) is 3.10. The van der Waals surface area contributed by atoms with Crippen molar-refractivity contribution >= 4 is 29.2 Å². The number of anilines is 1. The minimum atomic E-state index is -0.450. The predicted molar refractivity (Wildman–Crippen MR) is 116 cm³/mol. The SMILES string of the molecule is NC(=O)CCN1C[C@H](c2cccc(Oc3cnccn3)c2)N(c2ccc(Cl)cc2)C1=O. The molecule has 1 saturated heterocycles. The summed E-state index contributed by atoms with van der Waals surface area (Å²) in [4.78, 5) is 35.9. The zero-order valence-electron chi connectivity index (χ0n) is 16.5. The second-order valence-corrected chi connectivity index (χ2v) is 7.46. The van der Waals surface area contributed by atoms with Crippen molar-refractivity contribution < 1.29 is 14.3 Å². The quantitative estimate of drug-likeness (QED) is 0.606. The summed E-state index contributed by atoms with van der Waals surface area (Å²) in [6, 6.07) is 14.1. The van der Waals surface area contributed by atoms with E-state index < -0.39 is 5.91 Å². The highest BCUT2D eigenvalue weighted by atomic mass is 35.5. The fourth-order valence-electron chi connectivity index (χ4n) is 3.48. The number of nitrogens with zero attached hydrogens (tertiary/aromatic N) is 4. The van der Waals surface area contributed by atoms with Crippen LogP contribution >= 0.6 is 11.6 Å². The monoisotopic (exact) mass is 437 g/mol. The van der Waals surface area contributed by atoms with Gasteiger partial charge in [0.1, 0.15) is 5.75 Å². The second-order valence-electron chi connectivity index (χ2n) is 7.03. The number of rotatable bonds is 7. The van der Waals surface area contributed by atoms with Crippen LogP contribution in [0.3, 0.4) is 0 Å². The number of ether oxygens (including phenoxy) is 1. The summed E-state index contributed by atoms with van der Waals surface area (Å²) >= 11 is 6.03. The molecule has 0 spiro atoms. The Balaban J connectivity index is 1.65. The summed E-state index contributed by atoms with van der Waals surface area (Å²) in [5.41, 5.74) is 6.87. The van der Waals surface area contributed by atoms with Crippen LogP contribution in [-0.2, 0) is 4.79 Å². The van der Waals surface area contributed by atoms with Crippen LogP contribution in [0.25, 0.3) is 0 Å². The summed E-state index contributed by atoms with van der Waals surface area (Å²) in [6.07, 6.45) is 4.74. The molecule has 0 saturated carbocycles. The van der Waals surface area contributed by atoms with Crippen LogP contribution in [0, 0.1) is 0 Å². The summed E-state index contributed by atoms with van der Waals surface area (Å²) in [5.74, 6) is 0.505. The zero-order valence-corrected chi connectivity index (χ0v) is 17.3. The first-order chi connectivity index (χ1) is 15.0. The maximum Gasteiger partial charge on any atom is 0.325 e. The molecule has 0 aliphatic carbocycles. The van der Waals surface area contributed by atoms with Gasteiger partial charge >= 0.3 is 6.03 Å². The van der Waals surface area contributed by atoms with Crippen LogP contribution in [0.4, 0.5) is 10.5 Å². The first-order valence-electron chi connectivity index (χ1n) is 9.67. The molecule has 0 radical (unpaired) electrons. The lowest BCUT2D eigenvalue weighted by Crippen LogP contribution is -2.34. The molecule has 1 aromatic heterocycles. The van der Waals surface area contributed by atoms with Gasteiger partial charge in [0.05, 0.1) is 12.2 Å². The molecule has 0 bridgehead atoms. The van der Waals surface area contributed by atoms with Crippen LogP contribution in [0.15, 0.2) is 67.1 Å². The Labute approximate surface area is 184 Å². The van der Waals surface area contributed by atoms with Crippen LogP contribution in [-0.4, -0.2) is 39.9 Å². The van der Waals surface area contributed by atoms with Gasteiger partial charge in [0.15, 0.2) is 0 Å². The summed E-state index contributed by atoms with van der Waals surface area (Å²) in [6.45, 7) is 0.661. The molecule has 3 amide bonds. The molecule has 8 nitrogen and oxygen atoms in total. The van der Waals surface area contributed by atoms with Gasteiger partial charge in [-0.15, -0.1) is 0 Å². The number of carbonyl (C=O) groups excluding carboxylic acids is 2. The maximum atomic E-state index is 13.2. The minimum Gasteiger partial charge on any atom is -0.437 e. The topological polar surface area (TPSA) is 102 Å². The normalized spacial score (nSPS) is 15.9. The second kappa shape index (κ2) is 9.01. The zero-order chi connectivity index (χ0) is 21.8. The van der Waals surface area contributed by atoms with Gasteiger partial charge in [-0.1, -0.05) is 23.7 Å². The number of carbonyl (C=O) groups is 2. The van der Waals surface area contributed by atoms with Gasteiger partial charge in [-0.05, 0) is 42.0 Å². The molecular formula is C22H20ClN5O3. The van der Waals surface area contributed by atoms with Gasteiger partial charge in [-0.3, -0.25) is 14.7 Å². The summed E-state index contributed by atoms with van der Waals surface area (Å²) < 4.78 is 5.80. The summed E-state index contributed by atoms with van der Waals surface area (Å²) in [5, 5.41) is 0.580. The first-order valence-corrected chi connectivity index (χ1v) is 10.0. The van der Waals surface area contributed by atoms with Crippen molar-refractivity contribution in [2.75, 3.05) is 18.0 Å². The molecule has 2 N–H and O–H groups in total. The number of nitrogens with two attached hydrogens (primary N) is 1. The Hall–Kier alpha value is -3.65. The van der Waals surface area contributed by atoms with Gasteiger partial charge in [-0.2, -0.15) is 0 Å². The van der Waals surface area contributed by atoms with E-state index in [-0.39, 0.29) is 25.0 Å². The number of benzene rings is 2. The third-order valence-corrected chi connectivity index (χ3v) is 5.17. The van der Waals surface area contributed by atoms with Crippen molar-refractivity contribution in [1.29, 1.82) is 0 Å². The average molecular weight is 438 g/mol. The molecule has 1 aliphatic rings. The van der Waals surface area contributed by atoms with Crippen LogP contribution in [0.1, 0.15) is 18.0 Å². The molecule has 158 valence electrons. The molecule has 3 aromatic rings. The van der Waals surface area contributed by atoms with E-state index >= 15 is 0 Å². The lowest BCUT2D eigenvalue weighted by Gasteiger charge is -2.24. The Morgan fingerprint density at radius 2 is 2.00 bits per heavy atom. The lowest BCUT2D eigenvalue weighted by atomic mass is 10.1. The van der Waals surface area contributed by atoms with Crippen LogP contribution < -0.4 is 15.4 Å². The molecule has 31 heavy (non-hydrogen) atoms. The largest absolute Gasteiger partial charge is 0.437 e. The molecule has 4 rings (SSSR count). The molecule has 9 heteroatoms. The van der Waals surface area contributed by atoms with E-state index in [2.05, 4.69) is 9.97 Å². The molecule has 2 heterocycles. The van der Waals surface area contributed by atoms with Crippen LogP contribution in [0.5, 0.6) is 11.6 Å². The van der Waals surface area contributed by atoms with Gasteiger partial charge < -0.3 is 15.4 Å². The molecule has 1 fully saturated rings. The Bertz CT molecular complexity index is 1080. The number of hydrogen-bond donors (Lipinski definition) is 1. The van der Waals surface area contributed by atoms with E-state index in [4.69, 9.17) is 22.1 Å². The third kappa shape index (κ3) is 4.75. The van der Waals surface area contributed by atoms with Gasteiger partial charge in [0.25, 0.3) is 0 Å². The van der Waals surface area contributed by atoms with E-state index in [1.54, 1.807) is 46.5 Å². The first kappa shape index (κ1) is 20.6. The molecule has 1 atom stereocenters. The fraction of sp³-hybridized carbons (Fsp3) is 0.182. The van der Waals surface area contributed by atoms with Crippen molar-refractivity contribution in [3.63, 3.8) is 0 Å². The highest BCUT2D eigenvalue weighted by molar-refractivity contribution is 6.30. The van der Waals surface area contributed by atoms with Crippen molar-refractivity contribution in [2.45, 2.75) is 12.5 Å². The minimum absolute atomic E-state index is 0.0999. The van der Waals surface area contributed by atoms with Crippen LogP contribution in [0.2, 0.25) is 5.02 Å². The van der Waals surface area contributed by atoms with Crippen molar-refractivity contribution in [3.05, 3.63) is 77.7 Å². The maximum absolute atomic E-state index is 13.2. The standard InChI is InChI=1S/C22H20ClN5O3/c23-16-4-6-17(7-5-16)28-19(14-27(22(28)30)11-8-20(24)29)15-2-1-3-18(12-15)31-21-13-25-9-10-26-21/h1-7,9-10,12-13,19H,8,11,14H2,(H2,24,29)/t19-/m1/s1. The van der Waals surface area contributed by atoms with Gasteiger partial charge in [0.2, 0.25) is 11.8 Å². The number of amides is 3. The number of aromatic nitrogens is 2. The van der Waals surface area contributed by atoms with E-state index in [0.29, 0.717) is 28.9 Å². The van der Waals surface area contributed by atoms with E-state index in [1.165, 1.54) is 6.20 Å². The van der Waals surface area contributed by atoms with Crippen molar-refractivity contribution in [1.82, 2.24) is 14.9 Å². The van der Waals surface area contributed by atoms with E-state index in [0.717, 1.165) is 5.56 Å². The van der Waals surface area contributed by atoms with Gasteiger partial charge in [-0.25, -0.2) is 9.78 Å².